The third kappa shape index (κ3) is 2.44. The maximum absolute atomic E-state index is 13.3. The van der Waals surface area contributed by atoms with Crippen LogP contribution in [0, 0.1) is 5.92 Å². The van der Waals surface area contributed by atoms with Crippen molar-refractivity contribution in [3.63, 3.8) is 0 Å². The zero-order chi connectivity index (χ0) is 19.3. The summed E-state index contributed by atoms with van der Waals surface area (Å²) in [4.78, 5) is 38.4. The topological polar surface area (TPSA) is 89.9 Å². The smallest absolute Gasteiger partial charge is 0.309 e. The fraction of sp³-hybridized carbons (Fsp3) is 0.286. The van der Waals surface area contributed by atoms with E-state index in [4.69, 9.17) is 9.47 Å². The molecule has 0 heterocycles. The number of ether oxygens (including phenoxy) is 2. The molecule has 0 saturated heterocycles. The number of carbonyl (C=O) groups is 3. The van der Waals surface area contributed by atoms with Gasteiger partial charge in [-0.3, -0.25) is 14.4 Å². The summed E-state index contributed by atoms with van der Waals surface area (Å²) >= 11 is 0. The average Bonchev–Trinajstić information content (AvgIpc) is 2.69. The van der Waals surface area contributed by atoms with Crippen LogP contribution in [0.2, 0.25) is 0 Å². The number of hydrogen-bond acceptors (Lipinski definition) is 6. The van der Waals surface area contributed by atoms with Crippen molar-refractivity contribution in [2.45, 2.75) is 19.3 Å². The van der Waals surface area contributed by atoms with E-state index in [0.717, 1.165) is 5.56 Å². The van der Waals surface area contributed by atoms with Gasteiger partial charge in [0.2, 0.25) is 5.78 Å². The van der Waals surface area contributed by atoms with Gasteiger partial charge in [-0.1, -0.05) is 12.1 Å². The number of phenolic OH excluding ortho intramolecular Hbond substituents is 1. The Morgan fingerprint density at radius 2 is 1.89 bits per heavy atom. The molecule has 2 aromatic rings. The number of carbonyl (C=O) groups excluding carboxylic acids is 3. The maximum atomic E-state index is 13.3. The predicted octanol–water partition coefficient (Wildman–Crippen LogP) is 2.45. The van der Waals surface area contributed by atoms with Crippen molar-refractivity contribution in [3.8, 4) is 11.5 Å². The first-order valence-electron chi connectivity index (χ1n) is 8.69. The van der Waals surface area contributed by atoms with E-state index in [1.807, 2.05) is 0 Å². The van der Waals surface area contributed by atoms with Crippen LogP contribution < -0.4 is 4.74 Å². The molecule has 4 rings (SSSR count). The summed E-state index contributed by atoms with van der Waals surface area (Å²) in [7, 11) is 2.76. The molecule has 2 aromatic carbocycles. The first-order chi connectivity index (χ1) is 13.0. The van der Waals surface area contributed by atoms with Gasteiger partial charge in [-0.25, -0.2) is 0 Å². The predicted molar refractivity (Wildman–Crippen MR) is 95.5 cm³/mol. The fourth-order valence-electron chi connectivity index (χ4n) is 4.13. The van der Waals surface area contributed by atoms with Crippen molar-refractivity contribution in [1.29, 1.82) is 0 Å². The number of rotatable bonds is 2. The summed E-state index contributed by atoms with van der Waals surface area (Å²) in [6.45, 7) is 0. The van der Waals surface area contributed by atoms with Crippen molar-refractivity contribution in [3.05, 3.63) is 57.6 Å². The largest absolute Gasteiger partial charge is 0.507 e. The molecule has 0 spiro atoms. The van der Waals surface area contributed by atoms with E-state index in [-0.39, 0.29) is 45.7 Å². The minimum atomic E-state index is -0.447. The highest BCUT2D eigenvalue weighted by atomic mass is 16.5. The van der Waals surface area contributed by atoms with Crippen molar-refractivity contribution < 1.29 is 29.0 Å². The van der Waals surface area contributed by atoms with Crippen molar-refractivity contribution in [1.82, 2.24) is 0 Å². The van der Waals surface area contributed by atoms with E-state index < -0.39 is 5.78 Å². The van der Waals surface area contributed by atoms with Gasteiger partial charge < -0.3 is 14.6 Å². The summed E-state index contributed by atoms with van der Waals surface area (Å²) in [5, 5.41) is 10.5. The second kappa shape index (κ2) is 6.23. The van der Waals surface area contributed by atoms with Gasteiger partial charge in [-0.2, -0.15) is 0 Å². The van der Waals surface area contributed by atoms with Crippen LogP contribution in [-0.4, -0.2) is 36.9 Å². The van der Waals surface area contributed by atoms with Gasteiger partial charge in [0.1, 0.15) is 11.5 Å². The van der Waals surface area contributed by atoms with Gasteiger partial charge >= 0.3 is 5.97 Å². The van der Waals surface area contributed by atoms with Crippen LogP contribution in [0.1, 0.15) is 49.4 Å². The van der Waals surface area contributed by atoms with Gasteiger partial charge in [0.05, 0.1) is 31.3 Å². The Morgan fingerprint density at radius 3 is 2.59 bits per heavy atom. The number of phenols is 1. The van der Waals surface area contributed by atoms with Crippen LogP contribution in [0.5, 0.6) is 11.5 Å². The molecule has 2 aliphatic carbocycles. The lowest BCUT2D eigenvalue weighted by Gasteiger charge is -2.29. The molecular formula is C21H18O6. The van der Waals surface area contributed by atoms with Gasteiger partial charge in [0, 0.05) is 11.1 Å². The molecule has 0 bridgehead atoms. The summed E-state index contributed by atoms with van der Waals surface area (Å²) < 4.78 is 10.1. The summed E-state index contributed by atoms with van der Waals surface area (Å²) in [5.41, 5.74) is 2.04. The van der Waals surface area contributed by atoms with E-state index in [1.165, 1.54) is 20.3 Å². The van der Waals surface area contributed by atoms with E-state index in [0.29, 0.717) is 30.6 Å². The number of ketones is 2. The van der Waals surface area contributed by atoms with Gasteiger partial charge in [0.25, 0.3) is 0 Å². The summed E-state index contributed by atoms with van der Waals surface area (Å²) in [6, 6.07) is 6.38. The molecule has 6 heteroatoms. The zero-order valence-electron chi connectivity index (χ0n) is 15.0. The normalized spacial score (nSPS) is 17.6. The quantitative estimate of drug-likeness (QED) is 0.701. The second-order valence-corrected chi connectivity index (χ2v) is 6.79. The number of hydrogen-bond donors (Lipinski definition) is 1. The molecule has 0 saturated carbocycles. The molecule has 138 valence electrons. The molecule has 0 fully saturated rings. The van der Waals surface area contributed by atoms with Crippen molar-refractivity contribution >= 4 is 17.5 Å². The Kier molecular flexibility index (Phi) is 3.98. The lowest BCUT2D eigenvalue weighted by molar-refractivity contribution is -0.145. The standard InChI is InChI=1S/C21H18O6/c1-26-15-5-3-4-12-16(15)20(24)18-14(22)9-10-6-7-11(21(25)27-2)8-13(10)17(18)19(12)23/h3-5,9,11,22H,6-8H2,1-2H3. The van der Waals surface area contributed by atoms with Gasteiger partial charge in [-0.05, 0) is 42.5 Å². The number of fused-ring (bicyclic) bond motifs is 4. The van der Waals surface area contributed by atoms with Gasteiger partial charge in [-0.15, -0.1) is 0 Å². The van der Waals surface area contributed by atoms with Crippen molar-refractivity contribution in [2.75, 3.05) is 14.2 Å². The molecule has 0 aromatic heterocycles. The first kappa shape index (κ1) is 17.3. The van der Waals surface area contributed by atoms with Crippen molar-refractivity contribution in [2.24, 2.45) is 5.92 Å². The third-order valence-corrected chi connectivity index (χ3v) is 5.43. The number of aryl methyl sites for hydroxylation is 1. The number of benzene rings is 2. The monoisotopic (exact) mass is 366 g/mol. The molecule has 0 aliphatic heterocycles. The Balaban J connectivity index is 1.94. The Labute approximate surface area is 155 Å². The lowest BCUT2D eigenvalue weighted by atomic mass is 9.74. The third-order valence-electron chi connectivity index (χ3n) is 5.43. The Morgan fingerprint density at radius 1 is 1.11 bits per heavy atom. The van der Waals surface area contributed by atoms with Crippen LogP contribution in [0.4, 0.5) is 0 Å². The van der Waals surface area contributed by atoms with Crippen LogP contribution in [-0.2, 0) is 22.4 Å². The molecule has 1 N–H and O–H groups in total. The van der Waals surface area contributed by atoms with Crippen LogP contribution in [0.15, 0.2) is 24.3 Å². The fourth-order valence-corrected chi connectivity index (χ4v) is 4.13. The highest BCUT2D eigenvalue weighted by molar-refractivity contribution is 6.30. The van der Waals surface area contributed by atoms with E-state index >= 15 is 0 Å². The molecule has 2 aliphatic rings. The molecule has 0 amide bonds. The van der Waals surface area contributed by atoms with E-state index in [9.17, 15) is 19.5 Å². The maximum Gasteiger partial charge on any atom is 0.309 e. The second-order valence-electron chi connectivity index (χ2n) is 6.79. The minimum absolute atomic E-state index is 0.0127. The summed E-state index contributed by atoms with van der Waals surface area (Å²) in [6.07, 6.45) is 1.41. The lowest BCUT2D eigenvalue weighted by Crippen LogP contribution is -2.29. The van der Waals surface area contributed by atoms with Gasteiger partial charge in [0.15, 0.2) is 5.78 Å². The van der Waals surface area contributed by atoms with E-state index in [2.05, 4.69) is 0 Å². The minimum Gasteiger partial charge on any atom is -0.507 e. The Hall–Kier alpha value is -3.15. The van der Waals surface area contributed by atoms with E-state index in [1.54, 1.807) is 18.2 Å². The number of esters is 1. The SMILES string of the molecule is COC(=O)C1CCc2cc(O)c3c(c2C1)C(=O)c1cccc(OC)c1C3=O. The highest BCUT2D eigenvalue weighted by Crippen LogP contribution is 2.42. The molecule has 1 unspecified atom stereocenters. The first-order valence-corrected chi connectivity index (χ1v) is 8.69. The molecule has 1 atom stereocenters. The van der Waals surface area contributed by atoms with Crippen LogP contribution >= 0.6 is 0 Å². The molecule has 6 nitrogen and oxygen atoms in total. The van der Waals surface area contributed by atoms with Crippen LogP contribution in [0.3, 0.4) is 0 Å². The highest BCUT2D eigenvalue weighted by Gasteiger charge is 2.39. The number of aromatic hydroxyl groups is 1. The average molecular weight is 366 g/mol. The zero-order valence-corrected chi connectivity index (χ0v) is 15.0. The molecule has 27 heavy (non-hydrogen) atoms. The number of methoxy groups -OCH3 is 2. The molecular weight excluding hydrogens is 348 g/mol. The summed E-state index contributed by atoms with van der Waals surface area (Å²) in [5.74, 6) is -1.41. The molecule has 0 radical (unpaired) electrons. The Bertz CT molecular complexity index is 1000. The van der Waals surface area contributed by atoms with Crippen LogP contribution in [0.25, 0.3) is 0 Å².